The van der Waals surface area contributed by atoms with Crippen molar-refractivity contribution in [1.82, 2.24) is 9.69 Å². The summed E-state index contributed by atoms with van der Waals surface area (Å²) < 4.78 is 4.25. The summed E-state index contributed by atoms with van der Waals surface area (Å²) in [5, 5.41) is 15.5. The van der Waals surface area contributed by atoms with Crippen LogP contribution in [0.2, 0.25) is 5.02 Å². The maximum Gasteiger partial charge on any atom is 0.319 e. The van der Waals surface area contributed by atoms with Gasteiger partial charge in [0.25, 0.3) is 5.91 Å². The Labute approximate surface area is 170 Å². The van der Waals surface area contributed by atoms with E-state index in [0.29, 0.717) is 33.8 Å². The third kappa shape index (κ3) is 7.02. The number of primary amides is 1. The minimum absolute atomic E-state index is 0.144. The Morgan fingerprint density at radius 2 is 1.96 bits per heavy atom. The number of carbonyl (C=O) groups excluding carboxylic acids is 2. The van der Waals surface area contributed by atoms with Gasteiger partial charge in [0.05, 0.1) is 0 Å². The smallest absolute Gasteiger partial charge is 0.319 e. The summed E-state index contributed by atoms with van der Waals surface area (Å²) in [4.78, 5) is 23.8. The molecule has 2 rings (SSSR count). The van der Waals surface area contributed by atoms with Gasteiger partial charge >= 0.3 is 6.03 Å². The second kappa shape index (κ2) is 11.1. The number of aromatic nitrogens is 1. The number of benzene rings is 1. The first-order valence-electron chi connectivity index (χ1n) is 8.33. The van der Waals surface area contributed by atoms with Crippen molar-refractivity contribution in [2.24, 2.45) is 5.73 Å². The molecule has 0 aliphatic rings. The van der Waals surface area contributed by atoms with Gasteiger partial charge in [-0.15, -0.1) is 0 Å². The first kappa shape index (κ1) is 21.5. The number of hydrogen-bond donors (Lipinski definition) is 4. The third-order valence-electron chi connectivity index (χ3n) is 3.54. The summed E-state index contributed by atoms with van der Waals surface area (Å²) in [6.07, 6.45) is 2.30. The molecule has 0 aliphatic carbocycles. The van der Waals surface area contributed by atoms with Gasteiger partial charge < -0.3 is 16.2 Å². The second-order valence-electron chi connectivity index (χ2n) is 5.64. The van der Waals surface area contributed by atoms with Crippen LogP contribution in [0.15, 0.2) is 29.3 Å². The number of hydrogen-bond acceptors (Lipinski definition) is 6. The summed E-state index contributed by atoms with van der Waals surface area (Å²) in [5.74, 6) is -0.0434. The van der Waals surface area contributed by atoms with Gasteiger partial charge in [-0.3, -0.25) is 10.1 Å². The van der Waals surface area contributed by atoms with Crippen LogP contribution >= 0.6 is 34.9 Å². The number of amides is 3. The van der Waals surface area contributed by atoms with Crippen LogP contribution in [-0.2, 0) is 5.75 Å². The Hall–Kier alpha value is -1.81. The Balaban J connectivity index is 1.94. The van der Waals surface area contributed by atoms with Gasteiger partial charge in [-0.1, -0.05) is 35.5 Å². The number of aliphatic hydroxyl groups is 1. The van der Waals surface area contributed by atoms with E-state index in [1.165, 1.54) is 11.8 Å². The Kier molecular flexibility index (Phi) is 8.86. The topological polar surface area (TPSA) is 117 Å². The van der Waals surface area contributed by atoms with Crippen LogP contribution in [0.1, 0.15) is 35.2 Å². The molecule has 0 radical (unpaired) electrons. The predicted octanol–water partition coefficient (Wildman–Crippen LogP) is 3.47. The van der Waals surface area contributed by atoms with Gasteiger partial charge in [-0.2, -0.15) is 4.37 Å². The molecule has 1 aromatic carbocycles. The number of urea groups is 1. The molecule has 1 aromatic heterocycles. The Morgan fingerprint density at radius 1 is 1.22 bits per heavy atom. The van der Waals surface area contributed by atoms with E-state index in [1.54, 1.807) is 12.1 Å². The minimum atomic E-state index is -0.638. The van der Waals surface area contributed by atoms with Crippen LogP contribution < -0.4 is 16.4 Å². The van der Waals surface area contributed by atoms with Crippen LogP contribution in [0.5, 0.6) is 0 Å². The summed E-state index contributed by atoms with van der Waals surface area (Å²) in [7, 11) is 0. The van der Waals surface area contributed by atoms with Crippen LogP contribution in [0.4, 0.5) is 9.80 Å². The molecular weight excluding hydrogens is 408 g/mol. The van der Waals surface area contributed by atoms with E-state index in [-0.39, 0.29) is 12.2 Å². The first-order chi connectivity index (χ1) is 13.0. The number of halogens is 1. The fourth-order valence-electron chi connectivity index (χ4n) is 2.17. The highest BCUT2D eigenvalue weighted by Gasteiger charge is 2.20. The van der Waals surface area contributed by atoms with E-state index in [0.717, 1.165) is 29.9 Å². The van der Waals surface area contributed by atoms with E-state index < -0.39 is 11.9 Å². The maximum absolute atomic E-state index is 12.0. The molecule has 0 atom stereocenters. The van der Waals surface area contributed by atoms with Crippen molar-refractivity contribution >= 4 is 51.8 Å². The van der Waals surface area contributed by atoms with E-state index in [1.807, 2.05) is 12.1 Å². The Bertz CT molecular complexity index is 768. The normalized spacial score (nSPS) is 10.6. The molecule has 0 spiro atoms. The largest absolute Gasteiger partial charge is 0.396 e. The first-order valence-corrected chi connectivity index (χ1v) is 10.5. The molecule has 27 heavy (non-hydrogen) atoms. The molecule has 7 nitrogen and oxygen atoms in total. The zero-order chi connectivity index (χ0) is 19.6. The monoisotopic (exact) mass is 428 g/mol. The molecule has 5 N–H and O–H groups in total. The molecule has 0 bridgehead atoms. The Morgan fingerprint density at radius 3 is 2.63 bits per heavy atom. The van der Waals surface area contributed by atoms with Crippen molar-refractivity contribution in [3.63, 3.8) is 0 Å². The van der Waals surface area contributed by atoms with Crippen LogP contribution in [0, 0.1) is 0 Å². The molecule has 10 heteroatoms. The highest BCUT2D eigenvalue weighted by molar-refractivity contribution is 7.98. The standard InChI is InChI=1S/C17H21ClN4O3S2/c18-12-6-4-11(5-7-12)10-26-16-13(14(19)24)15(27-22-16)21-17(25)20-8-2-1-3-9-23/h4-7,23H,1-3,8-10H2,(H2,19,24)(H2,20,21,25). The molecule has 0 fully saturated rings. The lowest BCUT2D eigenvalue weighted by Gasteiger charge is -2.07. The van der Waals surface area contributed by atoms with Crippen molar-refractivity contribution in [2.75, 3.05) is 18.5 Å². The third-order valence-corrected chi connectivity index (χ3v) is 5.72. The minimum Gasteiger partial charge on any atom is -0.396 e. The number of aliphatic hydroxyl groups excluding tert-OH is 1. The highest BCUT2D eigenvalue weighted by Crippen LogP contribution is 2.33. The van der Waals surface area contributed by atoms with Crippen molar-refractivity contribution in [3.05, 3.63) is 40.4 Å². The van der Waals surface area contributed by atoms with Crippen molar-refractivity contribution in [2.45, 2.75) is 30.0 Å². The molecule has 0 saturated heterocycles. The summed E-state index contributed by atoms with van der Waals surface area (Å²) in [5.41, 5.74) is 6.73. The zero-order valence-electron chi connectivity index (χ0n) is 14.5. The lowest BCUT2D eigenvalue weighted by Crippen LogP contribution is -2.30. The number of anilines is 1. The van der Waals surface area contributed by atoms with Gasteiger partial charge in [-0.05, 0) is 48.5 Å². The van der Waals surface area contributed by atoms with Crippen LogP contribution in [0.25, 0.3) is 0 Å². The molecule has 0 saturated carbocycles. The lowest BCUT2D eigenvalue weighted by atomic mass is 10.2. The summed E-state index contributed by atoms with van der Waals surface area (Å²) in [6.45, 7) is 0.625. The van der Waals surface area contributed by atoms with Crippen LogP contribution in [-0.4, -0.2) is 34.6 Å². The number of rotatable bonds is 10. The van der Waals surface area contributed by atoms with Crippen molar-refractivity contribution in [3.8, 4) is 0 Å². The van der Waals surface area contributed by atoms with Gasteiger partial charge in [0.1, 0.15) is 15.6 Å². The molecule has 2 aromatic rings. The number of thioether (sulfide) groups is 1. The molecule has 3 amide bonds. The average Bonchev–Trinajstić information content (AvgIpc) is 3.03. The molecule has 1 heterocycles. The number of nitrogens with two attached hydrogens (primary N) is 1. The van der Waals surface area contributed by atoms with Gasteiger partial charge in [0.2, 0.25) is 0 Å². The number of nitrogens with one attached hydrogen (secondary N) is 2. The van der Waals surface area contributed by atoms with E-state index in [2.05, 4.69) is 15.0 Å². The van der Waals surface area contributed by atoms with Gasteiger partial charge in [0.15, 0.2) is 0 Å². The highest BCUT2D eigenvalue weighted by atomic mass is 35.5. The van der Waals surface area contributed by atoms with Gasteiger partial charge in [-0.25, -0.2) is 4.79 Å². The summed E-state index contributed by atoms with van der Waals surface area (Å²) in [6, 6.07) is 6.97. The zero-order valence-corrected chi connectivity index (χ0v) is 16.9. The fraction of sp³-hybridized carbons (Fsp3) is 0.353. The molecule has 146 valence electrons. The van der Waals surface area contributed by atoms with E-state index >= 15 is 0 Å². The second-order valence-corrected chi connectivity index (χ2v) is 7.81. The average molecular weight is 429 g/mol. The number of carbonyl (C=O) groups is 2. The maximum atomic E-state index is 12.0. The quantitative estimate of drug-likeness (QED) is 0.341. The molecule has 0 aliphatic heterocycles. The van der Waals surface area contributed by atoms with Crippen molar-refractivity contribution < 1.29 is 14.7 Å². The van der Waals surface area contributed by atoms with E-state index in [4.69, 9.17) is 22.4 Å². The molecule has 0 unspecified atom stereocenters. The van der Waals surface area contributed by atoms with Crippen molar-refractivity contribution in [1.29, 1.82) is 0 Å². The molecular formula is C17H21ClN4O3S2. The van der Waals surface area contributed by atoms with E-state index in [9.17, 15) is 9.59 Å². The van der Waals surface area contributed by atoms with Gasteiger partial charge in [0, 0.05) is 23.9 Å². The fourth-order valence-corrected chi connectivity index (χ4v) is 4.22. The summed E-state index contributed by atoms with van der Waals surface area (Å²) >= 11 is 8.26. The number of unbranched alkanes of at least 4 members (excludes halogenated alkanes) is 2. The SMILES string of the molecule is NC(=O)c1c(SCc2ccc(Cl)cc2)nsc1NC(=O)NCCCCCO. The lowest BCUT2D eigenvalue weighted by molar-refractivity contribution is 0.0998. The number of nitrogens with zero attached hydrogens (tertiary/aromatic N) is 1. The van der Waals surface area contributed by atoms with Crippen LogP contribution in [0.3, 0.4) is 0 Å². The predicted molar refractivity (Wildman–Crippen MR) is 110 cm³/mol.